The molecule has 2 aromatic carbocycles. The molecule has 3 rings (SSSR count). The summed E-state index contributed by atoms with van der Waals surface area (Å²) in [4.78, 5) is 19.1. The molecule has 1 heterocycles. The van der Waals surface area contributed by atoms with Gasteiger partial charge >= 0.3 is 11.9 Å². The average molecular weight is 430 g/mol. The second kappa shape index (κ2) is 11.5. The number of carboxylic acid groups (broad SMARTS) is 2. The maximum atomic E-state index is 14.1. The quantitative estimate of drug-likeness (QED) is 0.603. The lowest BCUT2D eigenvalue weighted by Gasteiger charge is -2.15. The van der Waals surface area contributed by atoms with Gasteiger partial charge in [0.1, 0.15) is 11.6 Å². The van der Waals surface area contributed by atoms with Gasteiger partial charge in [-0.05, 0) is 36.7 Å². The van der Waals surface area contributed by atoms with Gasteiger partial charge in [-0.25, -0.2) is 18.4 Å². The Morgan fingerprint density at radius 3 is 2.42 bits per heavy atom. The van der Waals surface area contributed by atoms with Crippen LogP contribution in [0.25, 0.3) is 11.1 Å². The number of halogens is 2. The molecule has 9 heteroatoms. The van der Waals surface area contributed by atoms with E-state index in [2.05, 4.69) is 11.4 Å². The molecule has 1 aliphatic rings. The summed E-state index contributed by atoms with van der Waals surface area (Å²) in [6, 6.07) is 10.7. The Morgan fingerprint density at radius 2 is 1.87 bits per heavy atom. The Kier molecular flexibility index (Phi) is 8.81. The standard InChI is InChI=1S/C18H16F2N2O.C4H4O4/c19-13-4-5-16(18(20)8-13)15-3-1-2-12(9-21)17(15)11-23-14-6-7-22-10-14;5-3(6)1-2-4(7)8/h1-5,8,14,22H,6-7,10-11H2;1-2H,(H,5,6)(H,7,8). The number of aliphatic carboxylic acids is 2. The molecule has 1 saturated heterocycles. The number of benzene rings is 2. The van der Waals surface area contributed by atoms with Crippen molar-refractivity contribution in [1.82, 2.24) is 5.32 Å². The number of nitriles is 1. The van der Waals surface area contributed by atoms with E-state index < -0.39 is 23.6 Å². The van der Waals surface area contributed by atoms with E-state index in [1.807, 2.05) is 0 Å². The van der Waals surface area contributed by atoms with Crippen LogP contribution in [0.1, 0.15) is 17.5 Å². The van der Waals surface area contributed by atoms with Gasteiger partial charge in [-0.1, -0.05) is 12.1 Å². The predicted octanol–water partition coefficient (Wildman–Crippen LogP) is 3.09. The van der Waals surface area contributed by atoms with Crippen LogP contribution in [0, 0.1) is 23.0 Å². The minimum Gasteiger partial charge on any atom is -0.478 e. The minimum absolute atomic E-state index is 0.0904. The first-order chi connectivity index (χ1) is 14.8. The number of rotatable bonds is 6. The monoisotopic (exact) mass is 430 g/mol. The van der Waals surface area contributed by atoms with E-state index >= 15 is 0 Å². The van der Waals surface area contributed by atoms with Gasteiger partial charge in [0.15, 0.2) is 0 Å². The third-order valence-corrected chi connectivity index (χ3v) is 4.36. The minimum atomic E-state index is -1.26. The molecule has 1 atom stereocenters. The molecule has 1 fully saturated rings. The average Bonchev–Trinajstić information content (AvgIpc) is 3.25. The summed E-state index contributed by atoms with van der Waals surface area (Å²) in [7, 11) is 0. The molecule has 0 spiro atoms. The Labute approximate surface area is 177 Å². The lowest BCUT2D eigenvalue weighted by atomic mass is 9.96. The van der Waals surface area contributed by atoms with Gasteiger partial charge in [0.2, 0.25) is 0 Å². The largest absolute Gasteiger partial charge is 0.478 e. The summed E-state index contributed by atoms with van der Waals surface area (Å²) < 4.78 is 33.1. The lowest BCUT2D eigenvalue weighted by Crippen LogP contribution is -2.17. The summed E-state index contributed by atoms with van der Waals surface area (Å²) in [5.41, 5.74) is 1.91. The highest BCUT2D eigenvalue weighted by Gasteiger charge is 2.18. The molecule has 162 valence electrons. The summed E-state index contributed by atoms with van der Waals surface area (Å²) in [6.07, 6.45) is 2.12. The van der Waals surface area contributed by atoms with Crippen LogP contribution >= 0.6 is 0 Å². The van der Waals surface area contributed by atoms with Crippen molar-refractivity contribution in [3.05, 3.63) is 71.3 Å². The van der Waals surface area contributed by atoms with E-state index in [0.717, 1.165) is 25.6 Å². The Morgan fingerprint density at radius 1 is 1.16 bits per heavy atom. The van der Waals surface area contributed by atoms with Crippen molar-refractivity contribution in [2.24, 2.45) is 0 Å². The number of hydrogen-bond donors (Lipinski definition) is 3. The van der Waals surface area contributed by atoms with Gasteiger partial charge < -0.3 is 20.3 Å². The maximum absolute atomic E-state index is 14.1. The van der Waals surface area contributed by atoms with Crippen molar-refractivity contribution in [2.75, 3.05) is 13.1 Å². The molecule has 0 aromatic heterocycles. The predicted molar refractivity (Wildman–Crippen MR) is 107 cm³/mol. The van der Waals surface area contributed by atoms with Crippen LogP contribution in [0.2, 0.25) is 0 Å². The first-order valence-corrected chi connectivity index (χ1v) is 9.25. The Hall–Kier alpha value is -3.61. The smallest absolute Gasteiger partial charge is 0.328 e. The van der Waals surface area contributed by atoms with Crippen molar-refractivity contribution in [1.29, 1.82) is 5.26 Å². The van der Waals surface area contributed by atoms with Crippen LogP contribution in [0.3, 0.4) is 0 Å². The summed E-state index contributed by atoms with van der Waals surface area (Å²) in [5.74, 6) is -3.79. The van der Waals surface area contributed by atoms with Crippen molar-refractivity contribution < 1.29 is 33.3 Å². The third-order valence-electron chi connectivity index (χ3n) is 4.36. The normalized spacial score (nSPS) is 15.2. The second-order valence-corrected chi connectivity index (χ2v) is 6.50. The molecule has 1 unspecified atom stereocenters. The van der Waals surface area contributed by atoms with Crippen LogP contribution in [-0.2, 0) is 20.9 Å². The topological polar surface area (TPSA) is 120 Å². The van der Waals surface area contributed by atoms with E-state index in [1.165, 1.54) is 12.1 Å². The molecule has 0 bridgehead atoms. The molecule has 1 aliphatic heterocycles. The van der Waals surface area contributed by atoms with Gasteiger partial charge in [-0.15, -0.1) is 0 Å². The molecule has 3 N–H and O–H groups in total. The summed E-state index contributed by atoms with van der Waals surface area (Å²) >= 11 is 0. The molecule has 2 aromatic rings. The number of nitrogens with one attached hydrogen (secondary N) is 1. The van der Waals surface area contributed by atoms with Crippen LogP contribution in [-0.4, -0.2) is 41.3 Å². The Bertz CT molecular complexity index is 995. The second-order valence-electron chi connectivity index (χ2n) is 6.50. The van der Waals surface area contributed by atoms with Gasteiger partial charge in [-0.3, -0.25) is 0 Å². The van der Waals surface area contributed by atoms with Crippen molar-refractivity contribution in [3.63, 3.8) is 0 Å². The fourth-order valence-electron chi connectivity index (χ4n) is 2.92. The van der Waals surface area contributed by atoms with E-state index in [-0.39, 0.29) is 18.3 Å². The first-order valence-electron chi connectivity index (χ1n) is 9.25. The highest BCUT2D eigenvalue weighted by atomic mass is 19.1. The molecule has 0 saturated carbocycles. The molecule has 7 nitrogen and oxygen atoms in total. The van der Waals surface area contributed by atoms with Gasteiger partial charge in [0.05, 0.1) is 24.3 Å². The van der Waals surface area contributed by atoms with Crippen LogP contribution in [0.4, 0.5) is 8.78 Å². The van der Waals surface area contributed by atoms with Crippen molar-refractivity contribution in [3.8, 4) is 17.2 Å². The fourth-order valence-corrected chi connectivity index (χ4v) is 2.92. The Balaban J connectivity index is 0.000000366. The van der Waals surface area contributed by atoms with E-state index in [0.29, 0.717) is 28.8 Å². The van der Waals surface area contributed by atoms with E-state index in [9.17, 15) is 23.6 Å². The SMILES string of the molecule is N#Cc1cccc(-c2ccc(F)cc2F)c1COC1CCNC1.O=C(O)C=CC(=O)O. The summed E-state index contributed by atoms with van der Waals surface area (Å²) in [6.45, 7) is 1.90. The molecular formula is C22H20F2N2O5. The van der Waals surface area contributed by atoms with E-state index in [4.69, 9.17) is 14.9 Å². The third kappa shape index (κ3) is 7.29. The first kappa shape index (κ1) is 23.7. The number of ether oxygens (including phenoxy) is 1. The molecule has 31 heavy (non-hydrogen) atoms. The van der Waals surface area contributed by atoms with Gasteiger partial charge in [0, 0.05) is 35.9 Å². The zero-order valence-corrected chi connectivity index (χ0v) is 16.3. The fraction of sp³-hybridized carbons (Fsp3) is 0.227. The van der Waals surface area contributed by atoms with Gasteiger partial charge in [-0.2, -0.15) is 5.26 Å². The van der Waals surface area contributed by atoms with Crippen molar-refractivity contribution in [2.45, 2.75) is 19.1 Å². The number of hydrogen-bond acceptors (Lipinski definition) is 5. The number of carboxylic acids is 2. The molecule has 0 aliphatic carbocycles. The maximum Gasteiger partial charge on any atom is 0.328 e. The molecule has 0 amide bonds. The zero-order valence-electron chi connectivity index (χ0n) is 16.3. The van der Waals surface area contributed by atoms with Crippen LogP contribution in [0.5, 0.6) is 0 Å². The van der Waals surface area contributed by atoms with Crippen LogP contribution in [0.15, 0.2) is 48.6 Å². The summed E-state index contributed by atoms with van der Waals surface area (Å²) in [5, 5.41) is 28.2. The number of nitrogens with zero attached hydrogens (tertiary/aromatic N) is 1. The van der Waals surface area contributed by atoms with E-state index in [1.54, 1.807) is 18.2 Å². The van der Waals surface area contributed by atoms with Gasteiger partial charge in [0.25, 0.3) is 0 Å². The molecule has 0 radical (unpaired) electrons. The van der Waals surface area contributed by atoms with Crippen LogP contribution < -0.4 is 5.32 Å². The zero-order chi connectivity index (χ0) is 22.8. The van der Waals surface area contributed by atoms with Crippen molar-refractivity contribution >= 4 is 11.9 Å². The highest BCUT2D eigenvalue weighted by molar-refractivity contribution is 5.89. The highest BCUT2D eigenvalue weighted by Crippen LogP contribution is 2.30. The number of carbonyl (C=O) groups is 2. The lowest BCUT2D eigenvalue weighted by molar-refractivity contribution is -0.134. The molecular weight excluding hydrogens is 410 g/mol.